The van der Waals surface area contributed by atoms with Gasteiger partial charge in [0, 0.05) is 19.0 Å². The van der Waals surface area contributed by atoms with Gasteiger partial charge in [-0.25, -0.2) is 0 Å². The van der Waals surface area contributed by atoms with E-state index in [1.54, 1.807) is 0 Å². The van der Waals surface area contributed by atoms with Crippen molar-refractivity contribution >= 4 is 5.91 Å². The molecule has 2 fully saturated rings. The third-order valence-corrected chi connectivity index (χ3v) is 4.25. The van der Waals surface area contributed by atoms with Gasteiger partial charge in [0.2, 0.25) is 5.91 Å². The summed E-state index contributed by atoms with van der Waals surface area (Å²) in [6, 6.07) is 12.6. The molecule has 1 aromatic carbocycles. The van der Waals surface area contributed by atoms with Crippen molar-refractivity contribution < 1.29 is 4.79 Å². The van der Waals surface area contributed by atoms with Crippen LogP contribution in [0.3, 0.4) is 0 Å². The van der Waals surface area contributed by atoms with E-state index in [-0.39, 0.29) is 17.7 Å². The minimum absolute atomic E-state index is 0.0339. The van der Waals surface area contributed by atoms with Crippen LogP contribution in [0.1, 0.15) is 30.7 Å². The lowest BCUT2D eigenvalue weighted by molar-refractivity contribution is -0.134. The maximum Gasteiger partial charge on any atom is 0.226 e. The van der Waals surface area contributed by atoms with Crippen LogP contribution < -0.4 is 0 Å². The number of carbonyl (C=O) groups is 1. The number of nitrogens with zero attached hydrogens (tertiary/aromatic N) is 2. The Labute approximate surface area is 113 Å². The summed E-state index contributed by atoms with van der Waals surface area (Å²) in [5, 5.41) is 8.99. The topological polar surface area (TPSA) is 44.1 Å². The van der Waals surface area contributed by atoms with E-state index in [0.29, 0.717) is 12.5 Å². The lowest BCUT2D eigenvalue weighted by Gasteiger charge is -2.29. The number of nitriles is 1. The lowest BCUT2D eigenvalue weighted by atomic mass is 9.99. The van der Waals surface area contributed by atoms with Gasteiger partial charge in [-0.15, -0.1) is 0 Å². The van der Waals surface area contributed by atoms with Crippen molar-refractivity contribution in [2.75, 3.05) is 13.1 Å². The first-order valence-corrected chi connectivity index (χ1v) is 7.03. The minimum atomic E-state index is 0.0339. The molecule has 1 aliphatic carbocycles. The van der Waals surface area contributed by atoms with Crippen LogP contribution in [-0.2, 0) is 4.79 Å². The van der Waals surface area contributed by atoms with E-state index in [0.717, 1.165) is 25.8 Å². The summed E-state index contributed by atoms with van der Waals surface area (Å²) in [6.07, 6.45) is 2.87. The summed E-state index contributed by atoms with van der Waals surface area (Å²) in [4.78, 5) is 14.3. The van der Waals surface area contributed by atoms with Gasteiger partial charge in [0.1, 0.15) is 0 Å². The third-order valence-electron chi connectivity index (χ3n) is 4.25. The standard InChI is InChI=1S/C16H18N2O/c17-10-12-5-4-8-18(11-12)16(19)15-9-14(15)13-6-2-1-3-7-13/h1-3,6-7,12,14-15H,4-5,8-9,11H2. The molecular formula is C16H18N2O. The Kier molecular flexibility index (Phi) is 3.25. The summed E-state index contributed by atoms with van der Waals surface area (Å²) in [6.45, 7) is 1.46. The maximum atomic E-state index is 12.4. The monoisotopic (exact) mass is 254 g/mol. The van der Waals surface area contributed by atoms with Crippen molar-refractivity contribution in [3.8, 4) is 6.07 Å². The number of piperidine rings is 1. The van der Waals surface area contributed by atoms with Gasteiger partial charge >= 0.3 is 0 Å². The Morgan fingerprint density at radius 2 is 2.11 bits per heavy atom. The molecule has 3 atom stereocenters. The largest absolute Gasteiger partial charge is 0.341 e. The van der Waals surface area contributed by atoms with E-state index < -0.39 is 0 Å². The van der Waals surface area contributed by atoms with Crippen LogP contribution in [0.25, 0.3) is 0 Å². The Hall–Kier alpha value is -1.82. The zero-order valence-corrected chi connectivity index (χ0v) is 11.0. The van der Waals surface area contributed by atoms with Crippen molar-refractivity contribution in [3.05, 3.63) is 35.9 Å². The highest BCUT2D eigenvalue weighted by Gasteiger charge is 2.46. The SMILES string of the molecule is N#CC1CCCN(C(=O)C2CC2c2ccccc2)C1. The first kappa shape index (κ1) is 12.2. The third kappa shape index (κ3) is 2.49. The van der Waals surface area contributed by atoms with Gasteiger partial charge < -0.3 is 4.90 Å². The average molecular weight is 254 g/mol. The molecule has 2 aliphatic rings. The number of amides is 1. The Balaban J connectivity index is 1.62. The highest BCUT2D eigenvalue weighted by atomic mass is 16.2. The van der Waals surface area contributed by atoms with Gasteiger partial charge in [-0.05, 0) is 30.7 Å². The molecule has 0 spiro atoms. The van der Waals surface area contributed by atoms with Crippen LogP contribution in [0.15, 0.2) is 30.3 Å². The van der Waals surface area contributed by atoms with Crippen LogP contribution in [-0.4, -0.2) is 23.9 Å². The molecule has 3 heteroatoms. The molecule has 1 aliphatic heterocycles. The molecule has 1 heterocycles. The molecule has 1 saturated heterocycles. The Morgan fingerprint density at radius 3 is 2.84 bits per heavy atom. The van der Waals surface area contributed by atoms with Gasteiger partial charge in [-0.2, -0.15) is 5.26 Å². The number of hydrogen-bond donors (Lipinski definition) is 0. The highest BCUT2D eigenvalue weighted by Crippen LogP contribution is 2.48. The fraction of sp³-hybridized carbons (Fsp3) is 0.500. The highest BCUT2D eigenvalue weighted by molar-refractivity contribution is 5.83. The van der Waals surface area contributed by atoms with Crippen LogP contribution in [0.5, 0.6) is 0 Å². The molecule has 1 amide bonds. The second kappa shape index (κ2) is 5.05. The number of likely N-dealkylation sites (tertiary alicyclic amines) is 1. The zero-order chi connectivity index (χ0) is 13.2. The first-order valence-electron chi connectivity index (χ1n) is 7.03. The molecule has 1 aromatic rings. The van der Waals surface area contributed by atoms with Crippen molar-refractivity contribution in [1.82, 2.24) is 4.90 Å². The van der Waals surface area contributed by atoms with E-state index in [1.807, 2.05) is 23.1 Å². The van der Waals surface area contributed by atoms with Gasteiger partial charge in [0.15, 0.2) is 0 Å². The number of rotatable bonds is 2. The van der Waals surface area contributed by atoms with Crippen molar-refractivity contribution in [2.24, 2.45) is 11.8 Å². The molecule has 98 valence electrons. The van der Waals surface area contributed by atoms with Crippen LogP contribution in [0.4, 0.5) is 0 Å². The van der Waals surface area contributed by atoms with E-state index in [4.69, 9.17) is 5.26 Å². The van der Waals surface area contributed by atoms with E-state index in [2.05, 4.69) is 18.2 Å². The lowest BCUT2D eigenvalue weighted by Crippen LogP contribution is -2.40. The summed E-state index contributed by atoms with van der Waals surface area (Å²) in [5.41, 5.74) is 1.27. The van der Waals surface area contributed by atoms with E-state index in [9.17, 15) is 4.79 Å². The van der Waals surface area contributed by atoms with Crippen molar-refractivity contribution in [1.29, 1.82) is 5.26 Å². The maximum absolute atomic E-state index is 12.4. The number of carbonyl (C=O) groups excluding carboxylic acids is 1. The molecule has 3 unspecified atom stereocenters. The Bertz CT molecular complexity index is 505. The minimum Gasteiger partial charge on any atom is -0.341 e. The molecule has 0 N–H and O–H groups in total. The quantitative estimate of drug-likeness (QED) is 0.814. The molecule has 1 saturated carbocycles. The molecular weight excluding hydrogens is 236 g/mol. The van der Waals surface area contributed by atoms with E-state index >= 15 is 0 Å². The molecule has 3 nitrogen and oxygen atoms in total. The molecule has 0 aromatic heterocycles. The first-order chi connectivity index (χ1) is 9.29. The molecule has 0 radical (unpaired) electrons. The summed E-state index contributed by atoms with van der Waals surface area (Å²) in [7, 11) is 0. The van der Waals surface area contributed by atoms with Crippen LogP contribution in [0.2, 0.25) is 0 Å². The molecule has 0 bridgehead atoms. The normalized spacial score (nSPS) is 29.6. The van der Waals surface area contributed by atoms with Gasteiger partial charge in [0.25, 0.3) is 0 Å². The second-order valence-electron chi connectivity index (χ2n) is 5.61. The van der Waals surface area contributed by atoms with Crippen molar-refractivity contribution in [3.63, 3.8) is 0 Å². The average Bonchev–Trinajstić information content (AvgIpc) is 3.28. The molecule has 19 heavy (non-hydrogen) atoms. The van der Waals surface area contributed by atoms with E-state index in [1.165, 1.54) is 5.56 Å². The smallest absolute Gasteiger partial charge is 0.226 e. The summed E-state index contributed by atoms with van der Waals surface area (Å²) >= 11 is 0. The van der Waals surface area contributed by atoms with Crippen LogP contribution in [0, 0.1) is 23.2 Å². The fourth-order valence-corrected chi connectivity index (χ4v) is 3.05. The van der Waals surface area contributed by atoms with Gasteiger partial charge in [-0.1, -0.05) is 30.3 Å². The number of hydrogen-bond acceptors (Lipinski definition) is 2. The zero-order valence-electron chi connectivity index (χ0n) is 11.0. The Morgan fingerprint density at radius 1 is 1.32 bits per heavy atom. The fourth-order valence-electron chi connectivity index (χ4n) is 3.05. The predicted octanol–water partition coefficient (Wildman–Crippen LogP) is 2.55. The summed E-state index contributed by atoms with van der Waals surface area (Å²) in [5.74, 6) is 0.844. The second-order valence-corrected chi connectivity index (χ2v) is 5.61. The number of benzene rings is 1. The van der Waals surface area contributed by atoms with Gasteiger partial charge in [-0.3, -0.25) is 4.79 Å². The molecule has 3 rings (SSSR count). The van der Waals surface area contributed by atoms with Crippen LogP contribution >= 0.6 is 0 Å². The van der Waals surface area contributed by atoms with Gasteiger partial charge in [0.05, 0.1) is 12.0 Å². The predicted molar refractivity (Wildman–Crippen MR) is 72.2 cm³/mol. The van der Waals surface area contributed by atoms with Crippen molar-refractivity contribution in [2.45, 2.75) is 25.2 Å². The summed E-state index contributed by atoms with van der Waals surface area (Å²) < 4.78 is 0.